The van der Waals surface area contributed by atoms with Crippen molar-refractivity contribution in [3.63, 3.8) is 0 Å². The quantitative estimate of drug-likeness (QED) is 0.742. The number of hydrogen-bond donors (Lipinski definition) is 2. The van der Waals surface area contributed by atoms with Gasteiger partial charge in [-0.2, -0.15) is 0 Å². The van der Waals surface area contributed by atoms with E-state index < -0.39 is 5.54 Å². The molecule has 1 fully saturated rings. The first-order valence-corrected chi connectivity index (χ1v) is 5.93. The average molecular weight is 212 g/mol. The van der Waals surface area contributed by atoms with E-state index in [0.29, 0.717) is 5.92 Å². The number of hydrogen-bond acceptors (Lipinski definition) is 2. The van der Waals surface area contributed by atoms with Crippen molar-refractivity contribution in [2.24, 2.45) is 11.8 Å². The Kier molecular flexibility index (Phi) is 4.14. The molecular formula is C12H24N2O. The number of carbonyl (C=O) groups excluding carboxylic acids is 1. The molecule has 1 aliphatic rings. The molecule has 3 heteroatoms. The summed E-state index contributed by atoms with van der Waals surface area (Å²) in [5.41, 5.74) is -0.454. The van der Waals surface area contributed by atoms with Crippen LogP contribution in [-0.2, 0) is 4.79 Å². The summed E-state index contributed by atoms with van der Waals surface area (Å²) in [7, 11) is 1.82. The molecule has 0 aromatic heterocycles. The van der Waals surface area contributed by atoms with Crippen molar-refractivity contribution < 1.29 is 4.79 Å². The molecule has 2 N–H and O–H groups in total. The Labute approximate surface area is 93.0 Å². The van der Waals surface area contributed by atoms with Gasteiger partial charge in [0.05, 0.1) is 5.54 Å². The van der Waals surface area contributed by atoms with Crippen molar-refractivity contribution in [2.75, 3.05) is 13.6 Å². The molecule has 1 amide bonds. The van der Waals surface area contributed by atoms with Gasteiger partial charge >= 0.3 is 0 Å². The molecule has 0 heterocycles. The summed E-state index contributed by atoms with van der Waals surface area (Å²) in [6.45, 7) is 6.94. The lowest BCUT2D eigenvalue weighted by Gasteiger charge is -2.23. The van der Waals surface area contributed by atoms with Gasteiger partial charge in [-0.05, 0) is 45.6 Å². The molecule has 3 nitrogen and oxygen atoms in total. The molecule has 0 aromatic carbocycles. The third kappa shape index (κ3) is 3.49. The maximum Gasteiger partial charge on any atom is 0.239 e. The predicted molar refractivity (Wildman–Crippen MR) is 62.7 cm³/mol. The zero-order valence-corrected chi connectivity index (χ0v) is 10.4. The van der Waals surface area contributed by atoms with Gasteiger partial charge in [0.25, 0.3) is 0 Å². The summed E-state index contributed by atoms with van der Waals surface area (Å²) < 4.78 is 0. The predicted octanol–water partition coefficient (Wildman–Crippen LogP) is 1.54. The fraction of sp³-hybridized carbons (Fsp3) is 0.917. The minimum atomic E-state index is -0.454. The van der Waals surface area contributed by atoms with Crippen LogP contribution in [0, 0.1) is 11.8 Å². The molecule has 0 radical (unpaired) electrons. The average Bonchev–Trinajstić information content (AvgIpc) is 2.60. The molecule has 15 heavy (non-hydrogen) atoms. The van der Waals surface area contributed by atoms with Crippen molar-refractivity contribution in [1.82, 2.24) is 10.6 Å². The van der Waals surface area contributed by atoms with Gasteiger partial charge in [-0.3, -0.25) is 4.79 Å². The second-order valence-corrected chi connectivity index (χ2v) is 5.37. The van der Waals surface area contributed by atoms with E-state index in [2.05, 4.69) is 17.6 Å². The monoisotopic (exact) mass is 212 g/mol. The van der Waals surface area contributed by atoms with Crippen molar-refractivity contribution >= 4 is 5.91 Å². The highest BCUT2D eigenvalue weighted by molar-refractivity contribution is 5.85. The van der Waals surface area contributed by atoms with Crippen LogP contribution in [0.1, 0.15) is 40.0 Å². The van der Waals surface area contributed by atoms with Crippen molar-refractivity contribution in [2.45, 2.75) is 45.6 Å². The van der Waals surface area contributed by atoms with Gasteiger partial charge in [0.2, 0.25) is 5.91 Å². The molecule has 0 spiro atoms. The van der Waals surface area contributed by atoms with Crippen LogP contribution in [0.3, 0.4) is 0 Å². The van der Waals surface area contributed by atoms with Gasteiger partial charge in [-0.25, -0.2) is 0 Å². The molecule has 1 aliphatic carbocycles. The summed E-state index contributed by atoms with van der Waals surface area (Å²) in [5, 5.41) is 6.05. The second kappa shape index (κ2) is 4.97. The fourth-order valence-electron chi connectivity index (χ4n) is 2.08. The van der Waals surface area contributed by atoms with Crippen LogP contribution in [0.15, 0.2) is 0 Å². The first-order chi connectivity index (χ1) is 6.95. The summed E-state index contributed by atoms with van der Waals surface area (Å²) in [5.74, 6) is 1.63. The number of likely N-dealkylation sites (N-methyl/N-ethyl adjacent to an activating group) is 1. The molecule has 0 saturated heterocycles. The Hall–Kier alpha value is -0.570. The van der Waals surface area contributed by atoms with Crippen LogP contribution in [0.5, 0.6) is 0 Å². The molecule has 0 bridgehead atoms. The van der Waals surface area contributed by atoms with Crippen LogP contribution in [-0.4, -0.2) is 25.0 Å². The second-order valence-electron chi connectivity index (χ2n) is 5.37. The molecule has 0 aliphatic heterocycles. The topological polar surface area (TPSA) is 41.1 Å². The zero-order valence-electron chi connectivity index (χ0n) is 10.4. The molecule has 88 valence electrons. The number of nitrogens with one attached hydrogen (secondary N) is 2. The molecular weight excluding hydrogens is 188 g/mol. The van der Waals surface area contributed by atoms with E-state index in [0.717, 1.165) is 12.5 Å². The summed E-state index contributed by atoms with van der Waals surface area (Å²) in [6.07, 6.45) is 3.84. The van der Waals surface area contributed by atoms with Gasteiger partial charge in [0.15, 0.2) is 0 Å². The number of carbonyl (C=O) groups is 1. The standard InChI is InChI=1S/C12H24N2O/c1-9-5-6-10(7-9)8-14-11(15)12(2,3)13-4/h9-10,13H,5-8H2,1-4H3,(H,14,15). The highest BCUT2D eigenvalue weighted by atomic mass is 16.2. The third-order valence-corrected chi connectivity index (χ3v) is 3.55. The third-order valence-electron chi connectivity index (χ3n) is 3.55. The Bertz CT molecular complexity index is 226. The minimum absolute atomic E-state index is 0.101. The van der Waals surface area contributed by atoms with Crippen molar-refractivity contribution in [1.29, 1.82) is 0 Å². The maximum absolute atomic E-state index is 11.8. The zero-order chi connectivity index (χ0) is 11.5. The van der Waals surface area contributed by atoms with Gasteiger partial charge < -0.3 is 10.6 Å². The van der Waals surface area contributed by atoms with E-state index in [1.165, 1.54) is 19.3 Å². The minimum Gasteiger partial charge on any atom is -0.354 e. The van der Waals surface area contributed by atoms with Gasteiger partial charge in [-0.1, -0.05) is 13.3 Å². The SMILES string of the molecule is CNC(C)(C)C(=O)NCC1CCC(C)C1. The molecule has 2 atom stereocenters. The van der Waals surface area contributed by atoms with Crippen LogP contribution in [0.25, 0.3) is 0 Å². The Morgan fingerprint density at radius 3 is 2.53 bits per heavy atom. The van der Waals surface area contributed by atoms with Crippen LogP contribution < -0.4 is 10.6 Å². The smallest absolute Gasteiger partial charge is 0.239 e. The van der Waals surface area contributed by atoms with Gasteiger partial charge in [0.1, 0.15) is 0 Å². The van der Waals surface area contributed by atoms with Gasteiger partial charge in [-0.15, -0.1) is 0 Å². The summed E-state index contributed by atoms with van der Waals surface area (Å²) >= 11 is 0. The van der Waals surface area contributed by atoms with Crippen LogP contribution in [0.4, 0.5) is 0 Å². The van der Waals surface area contributed by atoms with E-state index in [9.17, 15) is 4.79 Å². The lowest BCUT2D eigenvalue weighted by Crippen LogP contribution is -2.51. The van der Waals surface area contributed by atoms with E-state index in [-0.39, 0.29) is 5.91 Å². The molecule has 2 unspecified atom stereocenters. The summed E-state index contributed by atoms with van der Waals surface area (Å²) in [4.78, 5) is 11.8. The van der Waals surface area contributed by atoms with E-state index >= 15 is 0 Å². The maximum atomic E-state index is 11.8. The van der Waals surface area contributed by atoms with Gasteiger partial charge in [0, 0.05) is 6.54 Å². The Morgan fingerprint density at radius 2 is 2.07 bits per heavy atom. The largest absolute Gasteiger partial charge is 0.354 e. The highest BCUT2D eigenvalue weighted by Crippen LogP contribution is 2.29. The summed E-state index contributed by atoms with van der Waals surface area (Å²) in [6, 6.07) is 0. The normalized spacial score (nSPS) is 26.7. The van der Waals surface area contributed by atoms with E-state index in [1.54, 1.807) is 0 Å². The van der Waals surface area contributed by atoms with E-state index in [1.807, 2.05) is 20.9 Å². The molecule has 0 aromatic rings. The number of amides is 1. The lowest BCUT2D eigenvalue weighted by molar-refractivity contribution is -0.126. The van der Waals surface area contributed by atoms with Crippen molar-refractivity contribution in [3.8, 4) is 0 Å². The number of rotatable bonds is 4. The molecule has 1 rings (SSSR count). The first-order valence-electron chi connectivity index (χ1n) is 5.93. The lowest BCUT2D eigenvalue weighted by atomic mass is 10.0. The van der Waals surface area contributed by atoms with Crippen LogP contribution in [0.2, 0.25) is 0 Å². The van der Waals surface area contributed by atoms with Crippen LogP contribution >= 0.6 is 0 Å². The first kappa shape index (κ1) is 12.5. The molecule has 1 saturated carbocycles. The fourth-order valence-corrected chi connectivity index (χ4v) is 2.08. The van der Waals surface area contributed by atoms with Crippen molar-refractivity contribution in [3.05, 3.63) is 0 Å². The highest BCUT2D eigenvalue weighted by Gasteiger charge is 2.27. The Morgan fingerprint density at radius 1 is 1.40 bits per heavy atom. The Balaban J connectivity index is 2.28. The van der Waals surface area contributed by atoms with E-state index in [4.69, 9.17) is 0 Å².